The highest BCUT2D eigenvalue weighted by atomic mass is 16.2. The Bertz CT molecular complexity index is 496. The molecule has 0 atom stereocenters. The predicted molar refractivity (Wildman–Crippen MR) is 76.6 cm³/mol. The lowest BCUT2D eigenvalue weighted by molar-refractivity contribution is 0.0608. The van der Waals surface area contributed by atoms with Crippen LogP contribution >= 0.6 is 0 Å². The van der Waals surface area contributed by atoms with Crippen molar-refractivity contribution in [3.8, 4) is 0 Å². The molecule has 3 saturated carbocycles. The highest BCUT2D eigenvalue weighted by molar-refractivity contribution is 5.93. The average Bonchev–Trinajstić information content (AvgIpc) is 3.41. The van der Waals surface area contributed by atoms with E-state index in [0.29, 0.717) is 23.7 Å². The molecule has 0 aromatic carbocycles. The topological polar surface area (TPSA) is 49.0 Å². The second-order valence-electron chi connectivity index (χ2n) is 6.72. The van der Waals surface area contributed by atoms with Crippen LogP contribution in [0.4, 0.5) is 0 Å². The fourth-order valence-electron chi connectivity index (χ4n) is 3.52. The second-order valence-corrected chi connectivity index (χ2v) is 6.72. The number of nitrogens with one attached hydrogen (secondary N) is 1. The quantitative estimate of drug-likeness (QED) is 0.915. The van der Waals surface area contributed by atoms with E-state index >= 15 is 0 Å². The fourth-order valence-corrected chi connectivity index (χ4v) is 3.52. The number of carbonyl (C=O) groups excluding carboxylic acids is 1. The molecule has 3 aliphatic rings. The van der Waals surface area contributed by atoms with Crippen molar-refractivity contribution in [2.24, 2.45) is 0 Å². The maximum absolute atomic E-state index is 12.8. The molecule has 0 unspecified atom stereocenters. The molecule has 0 radical (unpaired) electrons. The Morgan fingerprint density at radius 2 is 1.75 bits per heavy atom. The summed E-state index contributed by atoms with van der Waals surface area (Å²) in [6, 6.07) is 2.95. The molecular formula is C16H23N3O. The largest absolute Gasteiger partial charge is 0.331 e. The first kappa shape index (κ1) is 12.4. The molecule has 0 bridgehead atoms. The van der Waals surface area contributed by atoms with E-state index < -0.39 is 0 Å². The van der Waals surface area contributed by atoms with Crippen LogP contribution in [0.1, 0.15) is 79.9 Å². The number of aromatic nitrogens is 2. The standard InChI is InChI=1S/C16H23N3O/c20-16(15-10-14(17-18-15)11-6-7-11)19(13-8-9-13)12-4-2-1-3-5-12/h10-13H,1-9H2,(H,17,18). The van der Waals surface area contributed by atoms with Crippen molar-refractivity contribution in [1.29, 1.82) is 0 Å². The Kier molecular flexibility index (Phi) is 3.04. The highest BCUT2D eigenvalue weighted by Gasteiger charge is 2.39. The molecule has 1 heterocycles. The van der Waals surface area contributed by atoms with Gasteiger partial charge in [0, 0.05) is 23.7 Å². The first-order chi connectivity index (χ1) is 9.83. The minimum absolute atomic E-state index is 0.169. The molecule has 1 aromatic rings. The summed E-state index contributed by atoms with van der Waals surface area (Å²) < 4.78 is 0. The Hall–Kier alpha value is -1.32. The second kappa shape index (κ2) is 4.90. The molecule has 4 heteroatoms. The van der Waals surface area contributed by atoms with Crippen molar-refractivity contribution in [2.75, 3.05) is 0 Å². The fraction of sp³-hybridized carbons (Fsp3) is 0.750. The van der Waals surface area contributed by atoms with Gasteiger partial charge in [-0.1, -0.05) is 19.3 Å². The van der Waals surface area contributed by atoms with E-state index in [9.17, 15) is 4.79 Å². The SMILES string of the molecule is O=C(c1cc(C2CC2)[nH]n1)N(C1CCCCC1)C1CC1. The van der Waals surface area contributed by atoms with Crippen LogP contribution in [0, 0.1) is 0 Å². The zero-order valence-corrected chi connectivity index (χ0v) is 12.0. The summed E-state index contributed by atoms with van der Waals surface area (Å²) in [7, 11) is 0. The van der Waals surface area contributed by atoms with Gasteiger partial charge in [-0.25, -0.2) is 0 Å². The van der Waals surface area contributed by atoms with Gasteiger partial charge in [0.2, 0.25) is 0 Å². The molecule has 1 amide bonds. The summed E-state index contributed by atoms with van der Waals surface area (Å²) in [5, 5.41) is 7.36. The molecule has 0 aliphatic heterocycles. The Morgan fingerprint density at radius 1 is 1.05 bits per heavy atom. The van der Waals surface area contributed by atoms with E-state index in [1.807, 2.05) is 6.07 Å². The maximum Gasteiger partial charge on any atom is 0.274 e. The van der Waals surface area contributed by atoms with E-state index in [1.54, 1.807) is 0 Å². The van der Waals surface area contributed by atoms with Crippen LogP contribution in [0.3, 0.4) is 0 Å². The van der Waals surface area contributed by atoms with Gasteiger partial charge < -0.3 is 4.90 Å². The summed E-state index contributed by atoms with van der Waals surface area (Å²) in [4.78, 5) is 15.0. The smallest absolute Gasteiger partial charge is 0.274 e. The zero-order chi connectivity index (χ0) is 13.5. The van der Waals surface area contributed by atoms with Gasteiger partial charge in [0.15, 0.2) is 0 Å². The molecule has 1 N–H and O–H groups in total. The summed E-state index contributed by atoms with van der Waals surface area (Å²) in [5.41, 5.74) is 1.80. The van der Waals surface area contributed by atoms with Crippen molar-refractivity contribution >= 4 is 5.91 Å². The summed E-state index contributed by atoms with van der Waals surface area (Å²) in [6.07, 6.45) is 11.1. The first-order valence-electron chi connectivity index (χ1n) is 8.21. The Balaban J connectivity index is 1.53. The number of hydrogen-bond acceptors (Lipinski definition) is 2. The van der Waals surface area contributed by atoms with E-state index in [-0.39, 0.29) is 5.91 Å². The number of nitrogens with zero attached hydrogens (tertiary/aromatic N) is 2. The molecular weight excluding hydrogens is 250 g/mol. The number of rotatable bonds is 4. The normalized spacial score (nSPS) is 23.8. The van der Waals surface area contributed by atoms with E-state index in [0.717, 1.165) is 5.69 Å². The third kappa shape index (κ3) is 2.36. The van der Waals surface area contributed by atoms with Gasteiger partial charge in [-0.3, -0.25) is 9.89 Å². The molecule has 4 nitrogen and oxygen atoms in total. The van der Waals surface area contributed by atoms with Gasteiger partial charge in [-0.15, -0.1) is 0 Å². The van der Waals surface area contributed by atoms with E-state index in [4.69, 9.17) is 0 Å². The molecule has 0 saturated heterocycles. The van der Waals surface area contributed by atoms with Crippen molar-refractivity contribution in [3.63, 3.8) is 0 Å². The highest BCUT2D eigenvalue weighted by Crippen LogP contribution is 2.39. The van der Waals surface area contributed by atoms with E-state index in [2.05, 4.69) is 15.1 Å². The molecule has 3 aliphatic carbocycles. The molecule has 0 spiro atoms. The molecule has 20 heavy (non-hydrogen) atoms. The first-order valence-corrected chi connectivity index (χ1v) is 8.21. The third-order valence-electron chi connectivity index (χ3n) is 4.98. The molecule has 3 fully saturated rings. The number of hydrogen-bond donors (Lipinski definition) is 1. The van der Waals surface area contributed by atoms with Crippen LogP contribution in [0.5, 0.6) is 0 Å². The van der Waals surface area contributed by atoms with Gasteiger partial charge in [0.25, 0.3) is 5.91 Å². The van der Waals surface area contributed by atoms with Crippen LogP contribution in [0.15, 0.2) is 6.07 Å². The van der Waals surface area contributed by atoms with Crippen LogP contribution in [0.2, 0.25) is 0 Å². The minimum Gasteiger partial charge on any atom is -0.331 e. The van der Waals surface area contributed by atoms with Crippen LogP contribution in [0.25, 0.3) is 0 Å². The number of amides is 1. The monoisotopic (exact) mass is 273 g/mol. The van der Waals surface area contributed by atoms with Gasteiger partial charge in [0.05, 0.1) is 0 Å². The van der Waals surface area contributed by atoms with Crippen molar-refractivity contribution in [3.05, 3.63) is 17.5 Å². The van der Waals surface area contributed by atoms with Gasteiger partial charge in [0.1, 0.15) is 5.69 Å². The van der Waals surface area contributed by atoms with E-state index in [1.165, 1.54) is 57.8 Å². The Morgan fingerprint density at radius 3 is 2.40 bits per heavy atom. The maximum atomic E-state index is 12.8. The minimum atomic E-state index is 0.169. The van der Waals surface area contributed by atoms with Gasteiger partial charge in [-0.05, 0) is 44.6 Å². The van der Waals surface area contributed by atoms with Crippen molar-refractivity contribution in [1.82, 2.24) is 15.1 Å². The zero-order valence-electron chi connectivity index (χ0n) is 12.0. The molecule has 108 valence electrons. The molecule has 4 rings (SSSR count). The lowest BCUT2D eigenvalue weighted by Gasteiger charge is -2.34. The third-order valence-corrected chi connectivity index (χ3v) is 4.98. The summed E-state index contributed by atoms with van der Waals surface area (Å²) in [6.45, 7) is 0. The van der Waals surface area contributed by atoms with Crippen molar-refractivity contribution in [2.45, 2.75) is 75.8 Å². The van der Waals surface area contributed by atoms with Crippen molar-refractivity contribution < 1.29 is 4.79 Å². The number of H-pyrrole nitrogens is 1. The van der Waals surface area contributed by atoms with Crippen LogP contribution in [-0.4, -0.2) is 33.1 Å². The van der Waals surface area contributed by atoms with Gasteiger partial charge in [-0.2, -0.15) is 5.10 Å². The Labute approximate surface area is 119 Å². The average molecular weight is 273 g/mol. The van der Waals surface area contributed by atoms with Crippen LogP contribution in [-0.2, 0) is 0 Å². The number of carbonyl (C=O) groups is 1. The summed E-state index contributed by atoms with van der Waals surface area (Å²) >= 11 is 0. The lowest BCUT2D eigenvalue weighted by Crippen LogP contribution is -2.43. The molecule has 1 aromatic heterocycles. The van der Waals surface area contributed by atoms with Gasteiger partial charge >= 0.3 is 0 Å². The predicted octanol–water partition coefficient (Wildman–Crippen LogP) is 3.22. The summed E-state index contributed by atoms with van der Waals surface area (Å²) in [5.74, 6) is 0.802. The number of aromatic amines is 1. The van der Waals surface area contributed by atoms with Crippen LogP contribution < -0.4 is 0 Å². The lowest BCUT2D eigenvalue weighted by atomic mass is 9.93.